The fourth-order valence-electron chi connectivity index (χ4n) is 0. The third-order valence-corrected chi connectivity index (χ3v) is 0.969. The second-order valence-corrected chi connectivity index (χ2v) is 3.82. The van der Waals surface area contributed by atoms with E-state index in [-0.39, 0.29) is 0 Å². The van der Waals surface area contributed by atoms with E-state index >= 15 is 0 Å². The summed E-state index contributed by atoms with van der Waals surface area (Å²) in [7, 11) is -1.80. The predicted molar refractivity (Wildman–Crippen MR) is 45.6 cm³/mol. The van der Waals surface area contributed by atoms with Crippen LogP contribution in [0.2, 0.25) is 0 Å². The molecular formula is C6H16NO2P. The highest BCUT2D eigenvalue weighted by Crippen LogP contribution is 2.03. The molecule has 0 fully saturated rings. The van der Waals surface area contributed by atoms with Crippen LogP contribution in [0.1, 0.15) is 13.8 Å². The number of nitrogens with two attached hydrogens (primary N) is 1. The van der Waals surface area contributed by atoms with Gasteiger partial charge in [-0.2, -0.15) is 0 Å². The SMILES string of the molecule is CC(C)CN.C[PH](=O)C=O. The lowest BCUT2D eigenvalue weighted by Gasteiger charge is -1.91. The molecule has 0 spiro atoms. The van der Waals surface area contributed by atoms with E-state index in [1.807, 2.05) is 0 Å². The molecule has 10 heavy (non-hydrogen) atoms. The number of hydrogen-bond donors (Lipinski definition) is 1. The molecule has 62 valence electrons. The number of hydrogen-bond acceptors (Lipinski definition) is 3. The van der Waals surface area contributed by atoms with Crippen molar-refractivity contribution in [3.05, 3.63) is 0 Å². The van der Waals surface area contributed by atoms with Gasteiger partial charge in [0.2, 0.25) is 0 Å². The highest BCUT2D eigenvalue weighted by atomic mass is 31.1. The van der Waals surface area contributed by atoms with E-state index in [4.69, 9.17) is 5.73 Å². The second-order valence-electron chi connectivity index (χ2n) is 2.36. The lowest BCUT2D eigenvalue weighted by Crippen LogP contribution is -2.05. The summed E-state index contributed by atoms with van der Waals surface area (Å²) in [5.41, 5.74) is 5.17. The average Bonchev–Trinajstić information content (AvgIpc) is 1.89. The Bertz CT molecular complexity index is 104. The van der Waals surface area contributed by atoms with E-state index in [0.717, 1.165) is 6.54 Å². The third kappa shape index (κ3) is 24.8. The van der Waals surface area contributed by atoms with Crippen LogP contribution in [0.25, 0.3) is 0 Å². The average molecular weight is 165 g/mol. The molecule has 1 unspecified atom stereocenters. The maximum atomic E-state index is 9.63. The van der Waals surface area contributed by atoms with E-state index in [1.54, 1.807) is 0 Å². The molecule has 0 rings (SSSR count). The molecule has 2 N–H and O–H groups in total. The van der Waals surface area contributed by atoms with Gasteiger partial charge in [-0.15, -0.1) is 0 Å². The van der Waals surface area contributed by atoms with Gasteiger partial charge in [-0.05, 0) is 19.1 Å². The molecule has 0 aliphatic rings. The minimum Gasteiger partial charge on any atom is -0.330 e. The van der Waals surface area contributed by atoms with Crippen LogP contribution in [0.5, 0.6) is 0 Å². The standard InChI is InChI=1S/C4H11N.C2H5O2P/c1-4(2)3-5;1-5(4)2-3/h4H,3,5H2,1-2H3;2,5H,1H3. The minimum atomic E-state index is -1.80. The number of carbonyl (C=O) groups is 1. The molecule has 0 aliphatic heterocycles. The molecule has 0 aliphatic carbocycles. The second kappa shape index (κ2) is 8.86. The van der Waals surface area contributed by atoms with Gasteiger partial charge in [-0.3, -0.25) is 4.79 Å². The Hall–Kier alpha value is -0.140. The largest absolute Gasteiger partial charge is 0.330 e. The Morgan fingerprint density at radius 3 is 1.80 bits per heavy atom. The molecule has 0 saturated carbocycles. The summed E-state index contributed by atoms with van der Waals surface area (Å²) in [5, 5.41) is 0. The molecule has 0 saturated heterocycles. The van der Waals surface area contributed by atoms with Crippen molar-refractivity contribution in [2.45, 2.75) is 13.8 Å². The van der Waals surface area contributed by atoms with E-state index in [2.05, 4.69) is 13.8 Å². The summed E-state index contributed by atoms with van der Waals surface area (Å²) in [4.78, 5) is 9.24. The Morgan fingerprint density at radius 2 is 1.80 bits per heavy atom. The first-order valence-corrected chi connectivity index (χ1v) is 5.19. The van der Waals surface area contributed by atoms with E-state index < -0.39 is 7.80 Å². The molecule has 0 amide bonds. The summed E-state index contributed by atoms with van der Waals surface area (Å²) in [6, 6.07) is 0.463. The first-order valence-electron chi connectivity index (χ1n) is 3.20. The highest BCUT2D eigenvalue weighted by Gasteiger charge is 1.80. The van der Waals surface area contributed by atoms with Crippen LogP contribution in [-0.2, 0) is 9.36 Å². The first-order chi connectivity index (χ1) is 4.54. The summed E-state index contributed by atoms with van der Waals surface area (Å²) in [5.74, 6) is 0.662. The fourth-order valence-corrected chi connectivity index (χ4v) is 0. The van der Waals surface area contributed by atoms with Crippen LogP contribution < -0.4 is 5.73 Å². The molecule has 3 nitrogen and oxygen atoms in total. The highest BCUT2D eigenvalue weighted by molar-refractivity contribution is 7.60. The van der Waals surface area contributed by atoms with E-state index in [1.165, 1.54) is 6.66 Å². The zero-order valence-electron chi connectivity index (χ0n) is 6.76. The van der Waals surface area contributed by atoms with Gasteiger partial charge < -0.3 is 10.3 Å². The smallest absolute Gasteiger partial charge is 0.176 e. The minimum absolute atomic E-state index is 0.463. The van der Waals surface area contributed by atoms with Gasteiger partial charge >= 0.3 is 0 Å². The number of carbonyl (C=O) groups excluding carboxylic acids is 1. The fraction of sp³-hybridized carbons (Fsp3) is 0.833. The zero-order valence-corrected chi connectivity index (χ0v) is 7.76. The third-order valence-electron chi connectivity index (χ3n) is 0.637. The molecule has 0 aromatic heterocycles. The van der Waals surface area contributed by atoms with Crippen molar-refractivity contribution in [1.29, 1.82) is 0 Å². The molecule has 0 aromatic carbocycles. The normalized spacial score (nSPS) is 11.7. The maximum Gasteiger partial charge on any atom is 0.176 e. The molecule has 0 bridgehead atoms. The lowest BCUT2D eigenvalue weighted by molar-refractivity contribution is 0.559. The Morgan fingerprint density at radius 1 is 1.60 bits per heavy atom. The molecular weight excluding hydrogens is 149 g/mol. The Kier molecular flexibility index (Phi) is 11.1. The van der Waals surface area contributed by atoms with Crippen molar-refractivity contribution in [1.82, 2.24) is 0 Å². The molecule has 0 aromatic rings. The lowest BCUT2D eigenvalue weighted by atomic mass is 10.2. The van der Waals surface area contributed by atoms with Crippen molar-refractivity contribution < 1.29 is 9.36 Å². The quantitative estimate of drug-likeness (QED) is 0.490. The van der Waals surface area contributed by atoms with Crippen molar-refractivity contribution in [3.8, 4) is 0 Å². The zero-order chi connectivity index (χ0) is 8.57. The van der Waals surface area contributed by atoms with Crippen LogP contribution in [0.15, 0.2) is 0 Å². The monoisotopic (exact) mass is 165 g/mol. The van der Waals surface area contributed by atoms with Crippen molar-refractivity contribution in [3.63, 3.8) is 0 Å². The van der Waals surface area contributed by atoms with Gasteiger partial charge in [0, 0.05) is 0 Å². The summed E-state index contributed by atoms with van der Waals surface area (Å²) in [6.45, 7) is 6.40. The van der Waals surface area contributed by atoms with Crippen LogP contribution in [0.4, 0.5) is 0 Å². The molecule has 1 atom stereocenters. The van der Waals surface area contributed by atoms with E-state index in [9.17, 15) is 9.36 Å². The molecule has 0 heterocycles. The van der Waals surface area contributed by atoms with Crippen molar-refractivity contribution in [2.24, 2.45) is 11.7 Å². The van der Waals surface area contributed by atoms with Gasteiger partial charge in [0.1, 0.15) is 7.80 Å². The van der Waals surface area contributed by atoms with Crippen LogP contribution in [-0.4, -0.2) is 19.2 Å². The van der Waals surface area contributed by atoms with Crippen LogP contribution in [0, 0.1) is 5.92 Å². The predicted octanol–water partition coefficient (Wildman–Crippen LogP) is 0.967. The number of rotatable bonds is 2. The topological polar surface area (TPSA) is 60.2 Å². The van der Waals surface area contributed by atoms with Gasteiger partial charge in [-0.25, -0.2) is 0 Å². The maximum absolute atomic E-state index is 9.63. The van der Waals surface area contributed by atoms with Crippen molar-refractivity contribution in [2.75, 3.05) is 13.2 Å². The Labute approximate surface area is 62.8 Å². The van der Waals surface area contributed by atoms with Crippen molar-refractivity contribution >= 4 is 13.8 Å². The van der Waals surface area contributed by atoms with Crippen LogP contribution in [0.3, 0.4) is 0 Å². The van der Waals surface area contributed by atoms with Gasteiger partial charge in [0.15, 0.2) is 6.03 Å². The molecule has 4 heteroatoms. The Balaban J connectivity index is 0. The van der Waals surface area contributed by atoms with Gasteiger partial charge in [-0.1, -0.05) is 13.8 Å². The van der Waals surface area contributed by atoms with Gasteiger partial charge in [0.05, 0.1) is 0 Å². The summed E-state index contributed by atoms with van der Waals surface area (Å²) >= 11 is 0. The van der Waals surface area contributed by atoms with E-state index in [0.29, 0.717) is 11.9 Å². The van der Waals surface area contributed by atoms with Gasteiger partial charge in [0.25, 0.3) is 0 Å². The first kappa shape index (κ1) is 12.5. The summed E-state index contributed by atoms with van der Waals surface area (Å²) in [6.07, 6.45) is 0. The summed E-state index contributed by atoms with van der Waals surface area (Å²) < 4.78 is 9.63. The molecule has 0 radical (unpaired) electrons. The van der Waals surface area contributed by atoms with Crippen LogP contribution >= 0.6 is 7.80 Å².